The van der Waals surface area contributed by atoms with Gasteiger partial charge in [-0.3, -0.25) is 4.79 Å². The van der Waals surface area contributed by atoms with E-state index < -0.39 is 11.4 Å². The van der Waals surface area contributed by atoms with Crippen LogP contribution in [0.4, 0.5) is 10.1 Å². The highest BCUT2D eigenvalue weighted by atomic mass is 32.2. The third kappa shape index (κ3) is 5.80. The van der Waals surface area contributed by atoms with E-state index in [0.29, 0.717) is 5.75 Å². The Morgan fingerprint density at radius 1 is 1.14 bits per heavy atom. The lowest BCUT2D eigenvalue weighted by Gasteiger charge is -2.11. The zero-order valence-corrected chi connectivity index (χ0v) is 17.2. The molecular formula is C21H22FN3O3S. The first-order chi connectivity index (χ1) is 13.9. The zero-order chi connectivity index (χ0) is 20.8. The minimum absolute atomic E-state index is 0.158. The Hall–Kier alpha value is -2.87. The number of nitrogens with zero attached hydrogens (tertiary/aromatic N) is 2. The van der Waals surface area contributed by atoms with E-state index in [0.717, 1.165) is 12.1 Å². The maximum absolute atomic E-state index is 13.0. The number of carbonyl (C=O) groups excluding carboxylic acids is 1. The van der Waals surface area contributed by atoms with Crippen molar-refractivity contribution >= 4 is 23.4 Å². The van der Waals surface area contributed by atoms with Crippen LogP contribution >= 0.6 is 11.8 Å². The number of aromatic nitrogens is 2. The molecule has 3 rings (SSSR count). The Morgan fingerprint density at radius 2 is 1.83 bits per heavy atom. The van der Waals surface area contributed by atoms with Gasteiger partial charge in [0.25, 0.3) is 11.1 Å². The third-order valence-corrected chi connectivity index (χ3v) is 5.11. The predicted octanol–water partition coefficient (Wildman–Crippen LogP) is 5.03. The van der Waals surface area contributed by atoms with E-state index in [1.807, 2.05) is 24.3 Å². The molecule has 3 aromatic rings. The zero-order valence-electron chi connectivity index (χ0n) is 16.4. The van der Waals surface area contributed by atoms with Crippen LogP contribution in [0.5, 0.6) is 5.75 Å². The van der Waals surface area contributed by atoms with Crippen LogP contribution in [-0.2, 0) is 11.2 Å². The quantitative estimate of drug-likeness (QED) is 0.520. The molecule has 0 radical (unpaired) electrons. The van der Waals surface area contributed by atoms with E-state index in [-0.39, 0.29) is 22.8 Å². The van der Waals surface area contributed by atoms with E-state index in [1.54, 1.807) is 13.8 Å². The second-order valence-electron chi connectivity index (χ2n) is 6.42. The highest BCUT2D eigenvalue weighted by Crippen LogP contribution is 2.27. The van der Waals surface area contributed by atoms with E-state index in [1.165, 1.54) is 41.6 Å². The molecule has 1 N–H and O–H groups in total. The maximum atomic E-state index is 13.0. The van der Waals surface area contributed by atoms with Gasteiger partial charge in [-0.15, -0.1) is 10.2 Å². The van der Waals surface area contributed by atoms with Gasteiger partial charge in [0.05, 0.1) is 5.25 Å². The van der Waals surface area contributed by atoms with Crippen molar-refractivity contribution in [3.8, 4) is 5.75 Å². The van der Waals surface area contributed by atoms with Gasteiger partial charge in [-0.05, 0) is 62.2 Å². The highest BCUT2D eigenvalue weighted by Gasteiger charge is 2.21. The molecule has 29 heavy (non-hydrogen) atoms. The smallest absolute Gasteiger partial charge is 0.277 e. The predicted molar refractivity (Wildman–Crippen MR) is 110 cm³/mol. The molecule has 8 heteroatoms. The van der Waals surface area contributed by atoms with Crippen molar-refractivity contribution in [1.29, 1.82) is 0 Å². The van der Waals surface area contributed by atoms with Crippen LogP contribution in [0.2, 0.25) is 0 Å². The first kappa shape index (κ1) is 20.9. The van der Waals surface area contributed by atoms with Crippen molar-refractivity contribution in [2.45, 2.75) is 43.8 Å². The number of carbonyl (C=O) groups is 1. The van der Waals surface area contributed by atoms with Gasteiger partial charge < -0.3 is 14.5 Å². The molecule has 1 heterocycles. The van der Waals surface area contributed by atoms with E-state index in [4.69, 9.17) is 9.15 Å². The molecule has 0 aliphatic carbocycles. The Balaban J connectivity index is 1.55. The Labute approximate surface area is 172 Å². The second-order valence-corrected chi connectivity index (χ2v) is 7.71. The van der Waals surface area contributed by atoms with E-state index in [2.05, 4.69) is 22.4 Å². The van der Waals surface area contributed by atoms with Gasteiger partial charge in [0.15, 0.2) is 6.10 Å². The summed E-state index contributed by atoms with van der Waals surface area (Å²) >= 11 is 1.17. The summed E-state index contributed by atoms with van der Waals surface area (Å²) in [6, 6.07) is 13.4. The molecule has 1 amide bonds. The van der Waals surface area contributed by atoms with Crippen molar-refractivity contribution < 1.29 is 18.3 Å². The molecule has 0 saturated carbocycles. The van der Waals surface area contributed by atoms with Crippen LogP contribution in [0.3, 0.4) is 0 Å². The SMILES string of the molecule is CCc1ccc(NC(=O)[C@H](C)Sc2nnc([C@@H](C)Oc3ccc(F)cc3)o2)cc1. The van der Waals surface area contributed by atoms with Gasteiger partial charge in [-0.2, -0.15) is 0 Å². The lowest BCUT2D eigenvalue weighted by Crippen LogP contribution is -2.22. The summed E-state index contributed by atoms with van der Waals surface area (Å²) in [5.74, 6) is 0.275. The minimum Gasteiger partial charge on any atom is -0.481 e. The number of nitrogens with one attached hydrogen (secondary N) is 1. The average Bonchev–Trinajstić information content (AvgIpc) is 3.19. The number of amides is 1. The van der Waals surface area contributed by atoms with Gasteiger partial charge in [-0.25, -0.2) is 4.39 Å². The van der Waals surface area contributed by atoms with Crippen LogP contribution in [0.15, 0.2) is 58.2 Å². The first-order valence-corrected chi connectivity index (χ1v) is 10.1. The molecule has 6 nitrogen and oxygen atoms in total. The molecule has 2 aromatic carbocycles. The van der Waals surface area contributed by atoms with Crippen LogP contribution in [0, 0.1) is 5.82 Å². The summed E-state index contributed by atoms with van der Waals surface area (Å²) in [5, 5.41) is 10.7. The fourth-order valence-corrected chi connectivity index (χ4v) is 3.16. The molecule has 2 atom stereocenters. The first-order valence-electron chi connectivity index (χ1n) is 9.26. The van der Waals surface area contributed by atoms with Crippen LogP contribution in [0.1, 0.15) is 38.3 Å². The van der Waals surface area contributed by atoms with Gasteiger partial charge in [0.1, 0.15) is 11.6 Å². The number of hydrogen-bond donors (Lipinski definition) is 1. The van der Waals surface area contributed by atoms with Gasteiger partial charge in [0.2, 0.25) is 5.91 Å². The fourth-order valence-electron chi connectivity index (χ4n) is 2.47. The van der Waals surface area contributed by atoms with Gasteiger partial charge >= 0.3 is 0 Å². The second kappa shape index (κ2) is 9.56. The average molecular weight is 415 g/mol. The number of halogens is 1. The summed E-state index contributed by atoms with van der Waals surface area (Å²) in [6.07, 6.45) is 0.437. The molecule has 0 fully saturated rings. The topological polar surface area (TPSA) is 77.2 Å². The van der Waals surface area contributed by atoms with Crippen LogP contribution < -0.4 is 10.1 Å². The van der Waals surface area contributed by atoms with Crippen LogP contribution in [0.25, 0.3) is 0 Å². The maximum Gasteiger partial charge on any atom is 0.277 e. The molecule has 0 aliphatic rings. The molecule has 0 unspecified atom stereocenters. The summed E-state index contributed by atoms with van der Waals surface area (Å²) < 4.78 is 24.2. The summed E-state index contributed by atoms with van der Waals surface area (Å²) in [4.78, 5) is 12.4. The molecule has 0 spiro atoms. The number of aryl methyl sites for hydroxylation is 1. The Morgan fingerprint density at radius 3 is 2.48 bits per heavy atom. The standard InChI is InChI=1S/C21H22FN3O3S/c1-4-15-5-9-17(10-6-15)23-19(26)14(3)29-21-25-24-20(28-21)13(2)27-18-11-7-16(22)8-12-18/h5-14H,4H2,1-3H3,(H,23,26)/t13-,14+/m1/s1. The molecule has 0 saturated heterocycles. The number of rotatable bonds is 8. The number of ether oxygens (including phenoxy) is 1. The van der Waals surface area contributed by atoms with Gasteiger partial charge in [-0.1, -0.05) is 30.8 Å². The number of thioether (sulfide) groups is 1. The third-order valence-electron chi connectivity index (χ3n) is 4.17. The normalized spacial score (nSPS) is 13.0. The molecule has 0 aliphatic heterocycles. The molecule has 152 valence electrons. The van der Waals surface area contributed by atoms with E-state index in [9.17, 15) is 9.18 Å². The summed E-state index contributed by atoms with van der Waals surface area (Å²) in [7, 11) is 0. The van der Waals surface area contributed by atoms with Crippen molar-refractivity contribution in [3.05, 3.63) is 65.8 Å². The number of hydrogen-bond acceptors (Lipinski definition) is 6. The summed E-state index contributed by atoms with van der Waals surface area (Å²) in [5.41, 5.74) is 1.95. The number of benzene rings is 2. The van der Waals surface area contributed by atoms with Crippen molar-refractivity contribution in [1.82, 2.24) is 10.2 Å². The lowest BCUT2D eigenvalue weighted by molar-refractivity contribution is -0.115. The van der Waals surface area contributed by atoms with Crippen molar-refractivity contribution in [3.63, 3.8) is 0 Å². The molecule has 1 aromatic heterocycles. The Kier molecular flexibility index (Phi) is 6.87. The van der Waals surface area contributed by atoms with E-state index >= 15 is 0 Å². The van der Waals surface area contributed by atoms with Crippen LogP contribution in [-0.4, -0.2) is 21.4 Å². The van der Waals surface area contributed by atoms with Crippen molar-refractivity contribution in [2.75, 3.05) is 5.32 Å². The molecular weight excluding hydrogens is 393 g/mol. The molecule has 0 bridgehead atoms. The minimum atomic E-state index is -0.511. The van der Waals surface area contributed by atoms with Crippen molar-refractivity contribution in [2.24, 2.45) is 0 Å². The lowest BCUT2D eigenvalue weighted by atomic mass is 10.1. The highest BCUT2D eigenvalue weighted by molar-refractivity contribution is 8.00. The van der Waals surface area contributed by atoms with Gasteiger partial charge in [0, 0.05) is 5.69 Å². The monoisotopic (exact) mass is 415 g/mol. The Bertz CT molecular complexity index is 945. The fraction of sp³-hybridized carbons (Fsp3) is 0.286. The number of anilines is 1. The largest absolute Gasteiger partial charge is 0.481 e. The summed E-state index contributed by atoms with van der Waals surface area (Å²) in [6.45, 7) is 5.60.